The van der Waals surface area contributed by atoms with Crippen LogP contribution in [0.25, 0.3) is 0 Å². The predicted molar refractivity (Wildman–Crippen MR) is 73.9 cm³/mol. The number of methoxy groups -OCH3 is 2. The minimum Gasteiger partial charge on any atom is -0.460 e. The van der Waals surface area contributed by atoms with Crippen LogP contribution in [-0.2, 0) is 28.5 Å². The maximum atomic E-state index is 12.9. The van der Waals surface area contributed by atoms with E-state index in [1.165, 1.54) is 21.1 Å². The standard InChI is InChI=1S/C12H14Br2O6/c1-6(15)20-7-4-10(13)9(5-19-9)8(16)11(7,14)12(10,17-2)18-3/h7H,4-5H2,1-3H3/t7-,9?,10+,11-/m1/s1. The van der Waals surface area contributed by atoms with Crippen molar-refractivity contribution in [2.45, 2.75) is 39.5 Å². The van der Waals surface area contributed by atoms with E-state index in [1.54, 1.807) is 0 Å². The molecule has 3 rings (SSSR count). The van der Waals surface area contributed by atoms with Crippen LogP contribution in [0.2, 0.25) is 0 Å². The second kappa shape index (κ2) is 4.04. The van der Waals surface area contributed by atoms with E-state index >= 15 is 0 Å². The minimum absolute atomic E-state index is 0.219. The summed E-state index contributed by atoms with van der Waals surface area (Å²) in [5.74, 6) is -1.99. The van der Waals surface area contributed by atoms with Crippen molar-refractivity contribution in [3.05, 3.63) is 0 Å². The quantitative estimate of drug-likeness (QED) is 0.296. The van der Waals surface area contributed by atoms with E-state index in [0.717, 1.165) is 0 Å². The number of hydrogen-bond acceptors (Lipinski definition) is 6. The van der Waals surface area contributed by atoms with Crippen molar-refractivity contribution in [2.75, 3.05) is 20.8 Å². The molecule has 0 aromatic carbocycles. The fourth-order valence-electron chi connectivity index (χ4n) is 3.69. The summed E-state index contributed by atoms with van der Waals surface area (Å²) < 4.78 is 19.7. The molecule has 1 heterocycles. The zero-order chi connectivity index (χ0) is 15.0. The maximum absolute atomic E-state index is 12.9. The minimum atomic E-state index is -1.31. The van der Waals surface area contributed by atoms with E-state index in [2.05, 4.69) is 31.9 Å². The van der Waals surface area contributed by atoms with Gasteiger partial charge in [-0.25, -0.2) is 0 Å². The number of esters is 1. The third-order valence-electron chi connectivity index (χ3n) is 4.56. The van der Waals surface area contributed by atoms with Gasteiger partial charge in [-0.15, -0.1) is 0 Å². The van der Waals surface area contributed by atoms with Crippen molar-refractivity contribution in [3.63, 3.8) is 0 Å². The summed E-state index contributed by atoms with van der Waals surface area (Å²) in [6.07, 6.45) is -0.341. The lowest BCUT2D eigenvalue weighted by atomic mass is 9.86. The predicted octanol–water partition coefficient (Wildman–Crippen LogP) is 0.930. The van der Waals surface area contributed by atoms with Gasteiger partial charge in [0, 0.05) is 27.6 Å². The second-order valence-corrected chi connectivity index (χ2v) is 7.89. The molecule has 8 heteroatoms. The molecule has 1 aliphatic heterocycles. The van der Waals surface area contributed by atoms with Crippen LogP contribution in [0.3, 0.4) is 0 Å². The largest absolute Gasteiger partial charge is 0.460 e. The molecule has 2 saturated carbocycles. The average Bonchev–Trinajstić information content (AvgIpc) is 3.13. The normalized spacial score (nSPS) is 47.9. The highest BCUT2D eigenvalue weighted by atomic mass is 79.9. The Balaban J connectivity index is 2.17. The third kappa shape index (κ3) is 1.23. The molecule has 0 amide bonds. The number of halogens is 2. The van der Waals surface area contributed by atoms with Gasteiger partial charge in [0.15, 0.2) is 15.7 Å². The monoisotopic (exact) mass is 412 g/mol. The molecular formula is C12H14Br2O6. The molecule has 1 spiro atoms. The summed E-state index contributed by atoms with van der Waals surface area (Å²) in [4.78, 5) is 24.2. The SMILES string of the molecule is COC1(OC)[C@]2(Br)C[C@@H](OC(C)=O)[C@@]1(Br)C(=O)C21CO1. The molecule has 1 unspecified atom stereocenters. The van der Waals surface area contributed by atoms with E-state index in [-0.39, 0.29) is 5.78 Å². The first-order valence-electron chi connectivity index (χ1n) is 6.10. The van der Waals surface area contributed by atoms with E-state index in [9.17, 15) is 9.59 Å². The fraction of sp³-hybridized carbons (Fsp3) is 0.833. The number of alkyl halides is 2. The molecule has 3 fully saturated rings. The Morgan fingerprint density at radius 2 is 1.90 bits per heavy atom. The first-order valence-corrected chi connectivity index (χ1v) is 7.68. The Morgan fingerprint density at radius 1 is 1.35 bits per heavy atom. The highest BCUT2D eigenvalue weighted by molar-refractivity contribution is 9.11. The average molecular weight is 414 g/mol. The van der Waals surface area contributed by atoms with Crippen LogP contribution in [0.5, 0.6) is 0 Å². The summed E-state index contributed by atoms with van der Waals surface area (Å²) in [7, 11) is 2.92. The van der Waals surface area contributed by atoms with E-state index < -0.39 is 32.1 Å². The highest BCUT2D eigenvalue weighted by Crippen LogP contribution is 2.73. The second-order valence-electron chi connectivity index (χ2n) is 5.28. The molecule has 1 saturated heterocycles. The van der Waals surface area contributed by atoms with Crippen LogP contribution in [-0.4, -0.2) is 58.7 Å². The summed E-state index contributed by atoms with van der Waals surface area (Å²) in [6.45, 7) is 1.60. The zero-order valence-electron chi connectivity index (χ0n) is 11.2. The lowest BCUT2D eigenvalue weighted by Crippen LogP contribution is -2.58. The van der Waals surface area contributed by atoms with Crippen LogP contribution in [0.4, 0.5) is 0 Å². The van der Waals surface area contributed by atoms with Gasteiger partial charge >= 0.3 is 5.97 Å². The molecule has 20 heavy (non-hydrogen) atoms. The molecule has 2 aliphatic carbocycles. The van der Waals surface area contributed by atoms with Crippen LogP contribution in [0.15, 0.2) is 0 Å². The maximum Gasteiger partial charge on any atom is 0.302 e. The Kier molecular flexibility index (Phi) is 3.01. The number of fused-ring (bicyclic) bond motifs is 3. The Hall–Kier alpha value is -0.0200. The van der Waals surface area contributed by atoms with Crippen molar-refractivity contribution in [2.24, 2.45) is 0 Å². The van der Waals surface area contributed by atoms with Crippen molar-refractivity contribution in [1.82, 2.24) is 0 Å². The molecule has 2 bridgehead atoms. The van der Waals surface area contributed by atoms with Crippen LogP contribution in [0, 0.1) is 0 Å². The number of carbonyl (C=O) groups is 2. The summed E-state index contributed by atoms with van der Waals surface area (Å²) >= 11 is 7.06. The van der Waals surface area contributed by atoms with Crippen molar-refractivity contribution >= 4 is 43.6 Å². The topological polar surface area (TPSA) is 74.4 Å². The van der Waals surface area contributed by atoms with Crippen LogP contribution < -0.4 is 0 Å². The third-order valence-corrected chi connectivity index (χ3v) is 7.44. The molecule has 6 nitrogen and oxygen atoms in total. The van der Waals surface area contributed by atoms with Crippen LogP contribution >= 0.6 is 31.9 Å². The number of hydrogen-bond donors (Lipinski definition) is 0. The Morgan fingerprint density at radius 3 is 2.30 bits per heavy atom. The zero-order valence-corrected chi connectivity index (χ0v) is 14.4. The molecule has 0 aromatic heterocycles. The molecule has 0 N–H and O–H groups in total. The van der Waals surface area contributed by atoms with E-state index in [0.29, 0.717) is 13.0 Å². The lowest BCUT2D eigenvalue weighted by Gasteiger charge is -2.39. The molecular weight excluding hydrogens is 400 g/mol. The number of carbonyl (C=O) groups excluding carboxylic acids is 2. The van der Waals surface area contributed by atoms with Gasteiger partial charge in [0.25, 0.3) is 0 Å². The Labute approximate surface area is 132 Å². The van der Waals surface area contributed by atoms with Crippen molar-refractivity contribution in [1.29, 1.82) is 0 Å². The molecule has 112 valence electrons. The summed E-state index contributed by atoms with van der Waals surface area (Å²) in [5, 5.41) is 0. The van der Waals surface area contributed by atoms with Gasteiger partial charge in [0.2, 0.25) is 5.79 Å². The van der Waals surface area contributed by atoms with Gasteiger partial charge in [-0.3, -0.25) is 9.59 Å². The van der Waals surface area contributed by atoms with E-state index in [4.69, 9.17) is 18.9 Å². The summed E-state index contributed by atoms with van der Waals surface area (Å²) in [5.41, 5.74) is -0.987. The van der Waals surface area contributed by atoms with Crippen LogP contribution in [0.1, 0.15) is 13.3 Å². The van der Waals surface area contributed by atoms with Gasteiger partial charge in [-0.05, 0) is 0 Å². The molecule has 0 radical (unpaired) electrons. The number of ketones is 1. The Bertz CT molecular complexity index is 500. The first kappa shape index (κ1) is 14.9. The molecule has 3 aliphatic rings. The molecule has 4 atom stereocenters. The van der Waals surface area contributed by atoms with Crippen molar-refractivity contribution < 1.29 is 28.5 Å². The number of ether oxygens (including phenoxy) is 4. The van der Waals surface area contributed by atoms with Gasteiger partial charge in [0.1, 0.15) is 10.4 Å². The van der Waals surface area contributed by atoms with Gasteiger partial charge in [-0.1, -0.05) is 31.9 Å². The van der Waals surface area contributed by atoms with Gasteiger partial charge in [-0.2, -0.15) is 0 Å². The first-order chi connectivity index (χ1) is 9.25. The van der Waals surface area contributed by atoms with Crippen molar-refractivity contribution in [3.8, 4) is 0 Å². The van der Waals surface area contributed by atoms with Gasteiger partial charge in [0.05, 0.1) is 6.61 Å². The van der Waals surface area contributed by atoms with Gasteiger partial charge < -0.3 is 18.9 Å². The number of Topliss-reactive ketones (excluding diaryl/α,β-unsaturated/α-hetero) is 1. The van der Waals surface area contributed by atoms with E-state index in [1.807, 2.05) is 0 Å². The fourth-order valence-corrected chi connectivity index (χ4v) is 6.53. The smallest absolute Gasteiger partial charge is 0.302 e. The molecule has 0 aromatic rings. The number of epoxide rings is 1. The summed E-state index contributed by atoms with van der Waals surface area (Å²) in [6, 6.07) is 0. The number of rotatable bonds is 3. The lowest BCUT2D eigenvalue weighted by molar-refractivity contribution is -0.221. The highest BCUT2D eigenvalue weighted by Gasteiger charge is 2.94.